The van der Waals surface area contributed by atoms with Gasteiger partial charge >= 0.3 is 0 Å². The van der Waals surface area contributed by atoms with Crippen molar-refractivity contribution in [2.45, 2.75) is 44.9 Å². The van der Waals surface area contributed by atoms with E-state index in [1.54, 1.807) is 36.5 Å². The number of anilines is 3. The Morgan fingerprint density at radius 3 is 2.42 bits per heavy atom. The van der Waals surface area contributed by atoms with Gasteiger partial charge in [0.1, 0.15) is 5.82 Å². The summed E-state index contributed by atoms with van der Waals surface area (Å²) in [6.45, 7) is 1.38. The minimum atomic E-state index is -0.277. The summed E-state index contributed by atoms with van der Waals surface area (Å²) in [6, 6.07) is 10.6. The molecule has 8 heteroatoms. The molecule has 8 nitrogen and oxygen atoms in total. The van der Waals surface area contributed by atoms with Crippen LogP contribution in [0.4, 0.5) is 17.2 Å². The molecule has 1 aliphatic carbocycles. The van der Waals surface area contributed by atoms with E-state index in [1.165, 1.54) is 6.42 Å². The monoisotopic (exact) mass is 449 g/mol. The van der Waals surface area contributed by atoms with Gasteiger partial charge in [-0.05, 0) is 56.0 Å². The predicted molar refractivity (Wildman–Crippen MR) is 128 cm³/mol. The van der Waals surface area contributed by atoms with Gasteiger partial charge in [0.25, 0.3) is 5.91 Å². The Morgan fingerprint density at radius 1 is 0.909 bits per heavy atom. The highest BCUT2D eigenvalue weighted by atomic mass is 16.2. The van der Waals surface area contributed by atoms with E-state index in [9.17, 15) is 14.4 Å². The summed E-state index contributed by atoms with van der Waals surface area (Å²) in [5.41, 5.74) is 7.12. The van der Waals surface area contributed by atoms with E-state index in [0.717, 1.165) is 50.9 Å². The molecule has 2 fully saturated rings. The summed E-state index contributed by atoms with van der Waals surface area (Å²) < 4.78 is 0. The first-order valence-corrected chi connectivity index (χ1v) is 11.7. The van der Waals surface area contributed by atoms with Crippen LogP contribution in [0.15, 0.2) is 42.6 Å². The van der Waals surface area contributed by atoms with Gasteiger partial charge in [0, 0.05) is 30.3 Å². The van der Waals surface area contributed by atoms with Crippen molar-refractivity contribution in [1.29, 1.82) is 0 Å². The summed E-state index contributed by atoms with van der Waals surface area (Å²) in [5, 5.41) is 5.81. The first kappa shape index (κ1) is 22.8. The molecular formula is C25H31N5O3. The number of nitrogens with zero attached hydrogens (tertiary/aromatic N) is 2. The molecule has 174 valence electrons. The van der Waals surface area contributed by atoms with Crippen LogP contribution >= 0.6 is 0 Å². The second-order valence-electron chi connectivity index (χ2n) is 8.95. The van der Waals surface area contributed by atoms with Crippen molar-refractivity contribution in [3.8, 4) is 0 Å². The Labute approximate surface area is 193 Å². The van der Waals surface area contributed by atoms with Gasteiger partial charge in [0.05, 0.1) is 17.8 Å². The van der Waals surface area contributed by atoms with E-state index in [1.807, 2.05) is 11.0 Å². The largest absolute Gasteiger partial charge is 0.369 e. The van der Waals surface area contributed by atoms with E-state index >= 15 is 0 Å². The molecule has 1 unspecified atom stereocenters. The van der Waals surface area contributed by atoms with E-state index in [-0.39, 0.29) is 29.6 Å². The van der Waals surface area contributed by atoms with Gasteiger partial charge in [-0.2, -0.15) is 0 Å². The Bertz CT molecular complexity index is 1000. The summed E-state index contributed by atoms with van der Waals surface area (Å²) in [4.78, 5) is 43.3. The molecular weight excluding hydrogens is 418 g/mol. The Balaban J connectivity index is 1.35. The fourth-order valence-electron chi connectivity index (χ4n) is 4.62. The third-order valence-corrected chi connectivity index (χ3v) is 6.52. The molecule has 0 spiro atoms. The standard InChI is InChI=1S/C25H31N5O3/c26-23(31)19-9-5-13-30(16-19)22-12-11-21(15-27-22)29-25(33)18-8-4-10-20(14-18)28-24(32)17-6-2-1-3-7-17/h4,8,10-12,14-15,17,19H,1-3,5-7,9,13,16H2,(H2,26,31)(H,28,32)(H,29,33). The molecule has 1 aliphatic heterocycles. The number of hydrogen-bond donors (Lipinski definition) is 3. The summed E-state index contributed by atoms with van der Waals surface area (Å²) >= 11 is 0. The minimum Gasteiger partial charge on any atom is -0.369 e. The number of carbonyl (C=O) groups excluding carboxylic acids is 3. The highest BCUT2D eigenvalue weighted by Crippen LogP contribution is 2.26. The maximum atomic E-state index is 12.7. The molecule has 1 saturated carbocycles. The molecule has 0 bridgehead atoms. The van der Waals surface area contributed by atoms with E-state index < -0.39 is 0 Å². The number of carbonyl (C=O) groups is 3. The first-order valence-electron chi connectivity index (χ1n) is 11.7. The number of amides is 3. The lowest BCUT2D eigenvalue weighted by Gasteiger charge is -2.32. The van der Waals surface area contributed by atoms with Crippen molar-refractivity contribution in [2.24, 2.45) is 17.6 Å². The van der Waals surface area contributed by atoms with Crippen molar-refractivity contribution in [1.82, 2.24) is 4.98 Å². The number of pyridine rings is 1. The molecule has 2 aromatic rings. The molecule has 0 radical (unpaired) electrons. The van der Waals surface area contributed by atoms with Gasteiger partial charge in [-0.3, -0.25) is 14.4 Å². The maximum Gasteiger partial charge on any atom is 0.255 e. The maximum absolute atomic E-state index is 12.7. The summed E-state index contributed by atoms with van der Waals surface area (Å²) in [6.07, 6.45) is 8.54. The molecule has 4 rings (SSSR count). The van der Waals surface area contributed by atoms with Crippen LogP contribution in [-0.2, 0) is 9.59 Å². The lowest BCUT2D eigenvalue weighted by atomic mass is 9.88. The second kappa shape index (κ2) is 10.5. The number of primary amides is 1. The molecule has 1 aromatic carbocycles. The van der Waals surface area contributed by atoms with Crippen molar-refractivity contribution in [2.75, 3.05) is 28.6 Å². The second-order valence-corrected chi connectivity index (χ2v) is 8.95. The van der Waals surface area contributed by atoms with Gasteiger partial charge in [-0.15, -0.1) is 0 Å². The Kier molecular flexibility index (Phi) is 7.22. The van der Waals surface area contributed by atoms with E-state index in [4.69, 9.17) is 5.73 Å². The van der Waals surface area contributed by atoms with Gasteiger partial charge in [-0.25, -0.2) is 4.98 Å². The van der Waals surface area contributed by atoms with E-state index in [2.05, 4.69) is 15.6 Å². The number of hydrogen-bond acceptors (Lipinski definition) is 5. The number of nitrogens with two attached hydrogens (primary N) is 1. The third-order valence-electron chi connectivity index (χ3n) is 6.52. The van der Waals surface area contributed by atoms with Gasteiger partial charge in [-0.1, -0.05) is 25.3 Å². The van der Waals surface area contributed by atoms with Gasteiger partial charge in [0.15, 0.2) is 0 Å². The topological polar surface area (TPSA) is 117 Å². The molecule has 1 aromatic heterocycles. The molecule has 3 amide bonds. The predicted octanol–water partition coefficient (Wildman–Crippen LogP) is 3.55. The quantitative estimate of drug-likeness (QED) is 0.623. The fraction of sp³-hybridized carbons (Fsp3) is 0.440. The number of nitrogens with one attached hydrogen (secondary N) is 2. The SMILES string of the molecule is NC(=O)C1CCCN(c2ccc(NC(=O)c3cccc(NC(=O)C4CCCCC4)c3)cn2)C1. The van der Waals surface area contributed by atoms with Crippen LogP contribution in [0, 0.1) is 11.8 Å². The van der Waals surface area contributed by atoms with Crippen molar-refractivity contribution in [3.63, 3.8) is 0 Å². The van der Waals surface area contributed by atoms with Gasteiger partial charge in [0.2, 0.25) is 11.8 Å². The minimum absolute atomic E-state index is 0.0309. The number of rotatable bonds is 6. The summed E-state index contributed by atoms with van der Waals surface area (Å²) in [5.74, 6) is 0.130. The highest BCUT2D eigenvalue weighted by Gasteiger charge is 2.25. The number of aromatic nitrogens is 1. The lowest BCUT2D eigenvalue weighted by molar-refractivity contribution is -0.122. The summed E-state index contributed by atoms with van der Waals surface area (Å²) in [7, 11) is 0. The number of piperidine rings is 1. The van der Waals surface area contributed by atoms with Crippen LogP contribution in [0.25, 0.3) is 0 Å². The molecule has 2 heterocycles. The third kappa shape index (κ3) is 5.88. The van der Waals surface area contributed by atoms with Crippen LogP contribution in [0.5, 0.6) is 0 Å². The van der Waals surface area contributed by atoms with Crippen LogP contribution in [0.2, 0.25) is 0 Å². The smallest absolute Gasteiger partial charge is 0.255 e. The highest BCUT2D eigenvalue weighted by molar-refractivity contribution is 6.05. The zero-order valence-corrected chi connectivity index (χ0v) is 18.8. The Morgan fingerprint density at radius 2 is 1.70 bits per heavy atom. The molecule has 33 heavy (non-hydrogen) atoms. The van der Waals surface area contributed by atoms with Crippen molar-refractivity contribution < 1.29 is 14.4 Å². The van der Waals surface area contributed by atoms with Crippen molar-refractivity contribution >= 4 is 34.9 Å². The average molecular weight is 450 g/mol. The van der Waals surface area contributed by atoms with E-state index in [0.29, 0.717) is 23.5 Å². The van der Waals surface area contributed by atoms with Crippen LogP contribution < -0.4 is 21.3 Å². The van der Waals surface area contributed by atoms with Crippen LogP contribution in [-0.4, -0.2) is 35.8 Å². The van der Waals surface area contributed by atoms with Crippen LogP contribution in [0.3, 0.4) is 0 Å². The lowest BCUT2D eigenvalue weighted by Crippen LogP contribution is -2.41. The van der Waals surface area contributed by atoms with Crippen LogP contribution in [0.1, 0.15) is 55.3 Å². The normalized spacial score (nSPS) is 19.0. The number of benzene rings is 1. The van der Waals surface area contributed by atoms with Crippen molar-refractivity contribution in [3.05, 3.63) is 48.2 Å². The average Bonchev–Trinajstić information content (AvgIpc) is 2.85. The molecule has 1 atom stereocenters. The Hall–Kier alpha value is -3.42. The molecule has 2 aliphatic rings. The van der Waals surface area contributed by atoms with Gasteiger partial charge < -0.3 is 21.3 Å². The zero-order valence-electron chi connectivity index (χ0n) is 18.8. The first-order chi connectivity index (χ1) is 16.0. The molecule has 1 saturated heterocycles. The molecule has 4 N–H and O–H groups in total. The zero-order chi connectivity index (χ0) is 23.2. The fourth-order valence-corrected chi connectivity index (χ4v) is 4.62.